The fourth-order valence-corrected chi connectivity index (χ4v) is 0.998. The van der Waals surface area contributed by atoms with Crippen LogP contribution >= 0.6 is 23.8 Å². The summed E-state index contributed by atoms with van der Waals surface area (Å²) in [4.78, 5) is 0. The van der Waals surface area contributed by atoms with Gasteiger partial charge in [0.15, 0.2) is 5.11 Å². The number of nitrogens with zero attached hydrogens (tertiary/aromatic N) is 1. The summed E-state index contributed by atoms with van der Waals surface area (Å²) in [5.74, 6) is -0.383. The summed E-state index contributed by atoms with van der Waals surface area (Å²) in [7, 11) is 0. The van der Waals surface area contributed by atoms with Crippen molar-refractivity contribution in [1.29, 1.82) is 0 Å². The van der Waals surface area contributed by atoms with Gasteiger partial charge in [-0.05, 0) is 30.4 Å². The first-order chi connectivity index (χ1) is 6.59. The Morgan fingerprint density at radius 2 is 2.36 bits per heavy atom. The van der Waals surface area contributed by atoms with Crippen molar-refractivity contribution in [2.24, 2.45) is 10.8 Å². The lowest BCUT2D eigenvalue weighted by Gasteiger charge is -1.98. The highest BCUT2D eigenvalue weighted by Crippen LogP contribution is 2.14. The highest BCUT2D eigenvalue weighted by molar-refractivity contribution is 7.80. The number of hydrogen-bond acceptors (Lipinski definition) is 2. The first-order valence-electron chi connectivity index (χ1n) is 3.63. The Bertz CT molecular complexity index is 381. The maximum absolute atomic E-state index is 12.7. The van der Waals surface area contributed by atoms with Crippen molar-refractivity contribution in [3.05, 3.63) is 34.6 Å². The average Bonchev–Trinajstić information content (AvgIpc) is 2.10. The molecule has 0 unspecified atom stereocenters. The first kappa shape index (κ1) is 10.9. The molecule has 0 heterocycles. The second-order valence-electron chi connectivity index (χ2n) is 2.40. The second kappa shape index (κ2) is 4.88. The zero-order valence-electron chi connectivity index (χ0n) is 7.00. The van der Waals surface area contributed by atoms with Gasteiger partial charge in [-0.1, -0.05) is 11.6 Å². The Morgan fingerprint density at radius 1 is 1.64 bits per heavy atom. The van der Waals surface area contributed by atoms with Gasteiger partial charge in [0.1, 0.15) is 5.82 Å². The summed E-state index contributed by atoms with van der Waals surface area (Å²) >= 11 is 10.3. The molecule has 0 aliphatic carbocycles. The maximum Gasteiger partial charge on any atom is 0.184 e. The van der Waals surface area contributed by atoms with Crippen molar-refractivity contribution >= 4 is 35.1 Å². The van der Waals surface area contributed by atoms with Gasteiger partial charge in [-0.15, -0.1) is 0 Å². The molecule has 0 atom stereocenters. The topological polar surface area (TPSA) is 50.4 Å². The molecule has 1 rings (SSSR count). The molecule has 74 valence electrons. The van der Waals surface area contributed by atoms with Crippen LogP contribution in [-0.2, 0) is 0 Å². The molecule has 0 aromatic heterocycles. The molecule has 0 radical (unpaired) electrons. The van der Waals surface area contributed by atoms with Crippen LogP contribution in [0.3, 0.4) is 0 Å². The van der Waals surface area contributed by atoms with Gasteiger partial charge in [-0.25, -0.2) is 4.39 Å². The minimum absolute atomic E-state index is 0.0359. The number of benzene rings is 1. The van der Waals surface area contributed by atoms with E-state index in [9.17, 15) is 4.39 Å². The SMILES string of the molecule is NC(=S)NN=Cc1cc(F)ccc1Cl. The number of thiocarbonyl (C=S) groups is 1. The second-order valence-corrected chi connectivity index (χ2v) is 3.25. The van der Waals surface area contributed by atoms with E-state index in [-0.39, 0.29) is 10.9 Å². The van der Waals surface area contributed by atoms with E-state index in [1.54, 1.807) is 0 Å². The quantitative estimate of drug-likeness (QED) is 0.462. The van der Waals surface area contributed by atoms with E-state index in [4.69, 9.17) is 17.3 Å². The fraction of sp³-hybridized carbons (Fsp3) is 0. The van der Waals surface area contributed by atoms with Gasteiger partial charge < -0.3 is 5.73 Å². The molecule has 3 nitrogen and oxygen atoms in total. The van der Waals surface area contributed by atoms with Crippen molar-refractivity contribution in [2.75, 3.05) is 0 Å². The minimum Gasteiger partial charge on any atom is -0.375 e. The van der Waals surface area contributed by atoms with Crippen molar-refractivity contribution in [3.63, 3.8) is 0 Å². The molecule has 0 aliphatic rings. The van der Waals surface area contributed by atoms with Crippen molar-refractivity contribution < 1.29 is 4.39 Å². The number of hydrazone groups is 1. The number of nitrogens with two attached hydrogens (primary N) is 1. The summed E-state index contributed by atoms with van der Waals surface area (Å²) in [5.41, 5.74) is 7.92. The highest BCUT2D eigenvalue weighted by atomic mass is 35.5. The third-order valence-corrected chi connectivity index (χ3v) is 1.77. The van der Waals surface area contributed by atoms with Crippen LogP contribution in [0.2, 0.25) is 5.02 Å². The van der Waals surface area contributed by atoms with Crippen molar-refractivity contribution in [2.45, 2.75) is 0 Å². The predicted molar refractivity (Wildman–Crippen MR) is 58.9 cm³/mol. The van der Waals surface area contributed by atoms with Crippen LogP contribution in [0.15, 0.2) is 23.3 Å². The Balaban J connectivity index is 2.80. The van der Waals surface area contributed by atoms with E-state index in [2.05, 4.69) is 22.7 Å². The van der Waals surface area contributed by atoms with Crippen LogP contribution in [0, 0.1) is 5.82 Å². The van der Waals surface area contributed by atoms with Gasteiger partial charge in [0, 0.05) is 10.6 Å². The van der Waals surface area contributed by atoms with Crippen LogP contribution in [0.5, 0.6) is 0 Å². The summed E-state index contributed by atoms with van der Waals surface area (Å²) in [6, 6.07) is 3.97. The summed E-state index contributed by atoms with van der Waals surface area (Å²) in [6.07, 6.45) is 1.34. The molecule has 1 aromatic carbocycles. The Morgan fingerprint density at radius 3 is 3.00 bits per heavy atom. The lowest BCUT2D eigenvalue weighted by molar-refractivity contribution is 0.627. The zero-order valence-corrected chi connectivity index (χ0v) is 8.57. The van der Waals surface area contributed by atoms with E-state index < -0.39 is 0 Å². The van der Waals surface area contributed by atoms with Gasteiger partial charge >= 0.3 is 0 Å². The average molecular weight is 232 g/mol. The Hall–Kier alpha value is -1.20. The molecule has 0 amide bonds. The van der Waals surface area contributed by atoms with Crippen molar-refractivity contribution in [3.8, 4) is 0 Å². The number of hydrogen-bond donors (Lipinski definition) is 2. The third kappa shape index (κ3) is 3.27. The molecule has 3 N–H and O–H groups in total. The predicted octanol–water partition coefficient (Wildman–Crippen LogP) is 1.65. The highest BCUT2D eigenvalue weighted by Gasteiger charge is 1.98. The largest absolute Gasteiger partial charge is 0.375 e. The molecule has 0 fully saturated rings. The van der Waals surface area contributed by atoms with E-state index in [0.717, 1.165) is 0 Å². The van der Waals surface area contributed by atoms with Crippen LogP contribution < -0.4 is 11.2 Å². The van der Waals surface area contributed by atoms with Gasteiger partial charge in [-0.2, -0.15) is 5.10 Å². The number of rotatable bonds is 2. The van der Waals surface area contributed by atoms with Gasteiger partial charge in [0.25, 0.3) is 0 Å². The first-order valence-corrected chi connectivity index (χ1v) is 4.42. The monoisotopic (exact) mass is 231 g/mol. The Labute approximate surface area is 90.7 Å². The molecule has 0 saturated carbocycles. The molecule has 1 aromatic rings. The number of nitrogens with one attached hydrogen (secondary N) is 1. The summed E-state index contributed by atoms with van der Waals surface area (Å²) < 4.78 is 12.7. The lowest BCUT2D eigenvalue weighted by atomic mass is 10.2. The molecule has 0 aliphatic heterocycles. The molecule has 14 heavy (non-hydrogen) atoms. The zero-order chi connectivity index (χ0) is 10.6. The molecule has 6 heteroatoms. The van der Waals surface area contributed by atoms with Crippen LogP contribution in [0.25, 0.3) is 0 Å². The van der Waals surface area contributed by atoms with E-state index in [1.807, 2.05) is 0 Å². The lowest BCUT2D eigenvalue weighted by Crippen LogP contribution is -2.24. The number of halogens is 2. The minimum atomic E-state index is -0.383. The maximum atomic E-state index is 12.7. The Kier molecular flexibility index (Phi) is 3.79. The van der Waals surface area contributed by atoms with Gasteiger partial charge in [0.05, 0.1) is 6.21 Å². The summed E-state index contributed by atoms with van der Waals surface area (Å²) in [6.45, 7) is 0. The van der Waals surface area contributed by atoms with Crippen LogP contribution in [-0.4, -0.2) is 11.3 Å². The van der Waals surface area contributed by atoms with E-state index >= 15 is 0 Å². The van der Waals surface area contributed by atoms with Crippen LogP contribution in [0.4, 0.5) is 4.39 Å². The fourth-order valence-electron chi connectivity index (χ4n) is 0.779. The molecular weight excluding hydrogens is 225 g/mol. The molecule has 0 saturated heterocycles. The van der Waals surface area contributed by atoms with Gasteiger partial charge in [0.2, 0.25) is 0 Å². The summed E-state index contributed by atoms with van der Waals surface area (Å²) in [5, 5.41) is 4.09. The van der Waals surface area contributed by atoms with E-state index in [1.165, 1.54) is 24.4 Å². The molecule has 0 spiro atoms. The van der Waals surface area contributed by atoms with E-state index in [0.29, 0.717) is 10.6 Å². The molecule has 0 bridgehead atoms. The smallest absolute Gasteiger partial charge is 0.184 e. The molecular formula is C8H7ClFN3S. The standard InChI is InChI=1S/C8H7ClFN3S/c9-7-2-1-6(10)3-5(7)4-12-13-8(11)14/h1-4H,(H3,11,13,14). The van der Waals surface area contributed by atoms with Gasteiger partial charge in [-0.3, -0.25) is 5.43 Å². The van der Waals surface area contributed by atoms with Crippen molar-refractivity contribution in [1.82, 2.24) is 5.43 Å². The normalized spacial score (nSPS) is 10.4. The van der Waals surface area contributed by atoms with Crippen LogP contribution in [0.1, 0.15) is 5.56 Å². The third-order valence-electron chi connectivity index (χ3n) is 1.34.